The molecule has 0 amide bonds. The average Bonchev–Trinajstić information content (AvgIpc) is 2.70. The van der Waals surface area contributed by atoms with Crippen molar-refractivity contribution in [1.29, 1.82) is 0 Å². The summed E-state index contributed by atoms with van der Waals surface area (Å²) in [7, 11) is 1.75. The van der Waals surface area contributed by atoms with Gasteiger partial charge in [0.05, 0.1) is 17.3 Å². The molecule has 27 heavy (non-hydrogen) atoms. The summed E-state index contributed by atoms with van der Waals surface area (Å²) in [5.41, 5.74) is 0.955. The van der Waals surface area contributed by atoms with E-state index in [2.05, 4.69) is 17.1 Å². The zero-order valence-electron chi connectivity index (χ0n) is 16.2. The summed E-state index contributed by atoms with van der Waals surface area (Å²) in [5, 5.41) is 3.41. The first-order valence-corrected chi connectivity index (χ1v) is 10.2. The molecule has 0 aromatic heterocycles. The van der Waals surface area contributed by atoms with Crippen molar-refractivity contribution >= 4 is 23.3 Å². The first kappa shape index (κ1) is 20.1. The first-order chi connectivity index (χ1) is 13.1. The lowest BCUT2D eigenvalue weighted by Crippen LogP contribution is -2.36. The number of unbranched alkanes of at least 4 members (excludes halogenated alkanes) is 1. The number of hydrogen-bond acceptors (Lipinski definition) is 6. The van der Waals surface area contributed by atoms with Crippen molar-refractivity contribution in [2.24, 2.45) is 5.92 Å². The first-order valence-electron chi connectivity index (χ1n) is 9.83. The van der Waals surface area contributed by atoms with Gasteiger partial charge in [0.1, 0.15) is 18.8 Å². The van der Waals surface area contributed by atoms with E-state index in [0.29, 0.717) is 53.5 Å². The van der Waals surface area contributed by atoms with E-state index in [1.165, 1.54) is 19.4 Å². The predicted molar refractivity (Wildman–Crippen MR) is 106 cm³/mol. The molecule has 1 saturated heterocycles. The molecule has 1 N–H and O–H groups in total. The SMILES string of the molecule is CCCCN1CCC(COC(=O)c2cc(Cl)c(N[11CH3])c3c2OCCO3)CC1. The van der Waals surface area contributed by atoms with Gasteiger partial charge in [0, 0.05) is 7.05 Å². The Labute approximate surface area is 166 Å². The van der Waals surface area contributed by atoms with Crippen molar-refractivity contribution < 1.29 is 19.0 Å². The highest BCUT2D eigenvalue weighted by atomic mass is 35.5. The van der Waals surface area contributed by atoms with Crippen LogP contribution in [0.5, 0.6) is 11.5 Å². The molecular formula is C20H29ClN2O4. The van der Waals surface area contributed by atoms with Crippen molar-refractivity contribution in [2.75, 3.05) is 51.8 Å². The second-order valence-electron chi connectivity index (χ2n) is 7.12. The van der Waals surface area contributed by atoms with Crippen molar-refractivity contribution in [2.45, 2.75) is 32.6 Å². The maximum absolute atomic E-state index is 12.7. The summed E-state index contributed by atoms with van der Waals surface area (Å²) in [5.74, 6) is 0.892. The second kappa shape index (κ2) is 9.51. The van der Waals surface area contributed by atoms with Crippen molar-refractivity contribution in [1.82, 2.24) is 4.90 Å². The van der Waals surface area contributed by atoms with Crippen molar-refractivity contribution in [3.63, 3.8) is 0 Å². The number of carbonyl (C=O) groups is 1. The summed E-state index contributed by atoms with van der Waals surface area (Å²) < 4.78 is 17.0. The lowest BCUT2D eigenvalue weighted by Gasteiger charge is -2.31. The van der Waals surface area contributed by atoms with Gasteiger partial charge >= 0.3 is 5.97 Å². The van der Waals surface area contributed by atoms with Gasteiger partial charge in [0.25, 0.3) is 0 Å². The number of nitrogens with one attached hydrogen (secondary N) is 1. The molecule has 150 valence electrons. The largest absolute Gasteiger partial charge is 0.485 e. The van der Waals surface area contributed by atoms with Crippen LogP contribution < -0.4 is 14.8 Å². The molecule has 0 bridgehead atoms. The molecule has 0 radical (unpaired) electrons. The highest BCUT2D eigenvalue weighted by molar-refractivity contribution is 6.34. The van der Waals surface area contributed by atoms with Gasteiger partial charge < -0.3 is 24.4 Å². The maximum Gasteiger partial charge on any atom is 0.342 e. The number of benzene rings is 1. The summed E-state index contributed by atoms with van der Waals surface area (Å²) in [6.45, 7) is 6.80. The molecule has 2 aliphatic heterocycles. The Balaban J connectivity index is 1.60. The third-order valence-electron chi connectivity index (χ3n) is 5.22. The molecule has 0 spiro atoms. The van der Waals surface area contributed by atoms with Crippen molar-refractivity contribution in [3.05, 3.63) is 16.7 Å². The summed E-state index contributed by atoms with van der Waals surface area (Å²) in [6, 6.07) is 1.59. The van der Waals surface area contributed by atoms with E-state index in [1.807, 2.05) is 0 Å². The number of carbonyl (C=O) groups excluding carboxylic acids is 1. The van der Waals surface area contributed by atoms with Gasteiger partial charge in [-0.05, 0) is 50.9 Å². The zero-order chi connectivity index (χ0) is 19.2. The van der Waals surface area contributed by atoms with Crippen LogP contribution in [0.25, 0.3) is 0 Å². The number of nitrogens with zero attached hydrogens (tertiary/aromatic N) is 1. The fraction of sp³-hybridized carbons (Fsp3) is 0.650. The van der Waals surface area contributed by atoms with E-state index in [4.69, 9.17) is 25.8 Å². The highest BCUT2D eigenvalue weighted by Crippen LogP contribution is 2.45. The fourth-order valence-corrected chi connectivity index (χ4v) is 3.88. The lowest BCUT2D eigenvalue weighted by atomic mass is 9.97. The molecule has 0 saturated carbocycles. The summed E-state index contributed by atoms with van der Waals surface area (Å²) >= 11 is 6.31. The molecule has 1 fully saturated rings. The molecule has 0 unspecified atom stereocenters. The summed E-state index contributed by atoms with van der Waals surface area (Å²) in [6.07, 6.45) is 4.60. The number of halogens is 1. The van der Waals surface area contributed by atoms with Crippen LogP contribution in [0.4, 0.5) is 5.69 Å². The number of hydrogen-bond donors (Lipinski definition) is 1. The molecule has 6 nitrogen and oxygen atoms in total. The number of piperidine rings is 1. The molecule has 7 heteroatoms. The number of fused-ring (bicyclic) bond motifs is 1. The number of ether oxygens (including phenoxy) is 3. The number of likely N-dealkylation sites (tertiary alicyclic amines) is 1. The van der Waals surface area contributed by atoms with Crippen LogP contribution >= 0.6 is 11.6 Å². The average molecular weight is 396 g/mol. The Bertz CT molecular complexity index is 660. The minimum Gasteiger partial charge on any atom is -0.485 e. The normalized spacial score (nSPS) is 17.6. The number of anilines is 1. The molecule has 0 atom stereocenters. The van der Waals surface area contributed by atoms with Gasteiger partial charge in [-0.1, -0.05) is 24.9 Å². The summed E-state index contributed by atoms with van der Waals surface area (Å²) in [4.78, 5) is 15.2. The molecule has 1 aromatic carbocycles. The molecule has 2 heterocycles. The van der Waals surface area contributed by atoms with Crippen LogP contribution in [0.1, 0.15) is 43.0 Å². The van der Waals surface area contributed by atoms with Gasteiger partial charge in [-0.3, -0.25) is 0 Å². The van der Waals surface area contributed by atoms with Crippen LogP contribution in [0.2, 0.25) is 5.02 Å². The van der Waals surface area contributed by atoms with E-state index >= 15 is 0 Å². The quantitative estimate of drug-likeness (QED) is 0.708. The Hall–Kier alpha value is -1.66. The lowest BCUT2D eigenvalue weighted by molar-refractivity contribution is 0.0364. The van der Waals surface area contributed by atoms with Crippen LogP contribution in [-0.4, -0.2) is 57.4 Å². The molecule has 2 aliphatic rings. The van der Waals surface area contributed by atoms with Crippen LogP contribution in [0.3, 0.4) is 0 Å². The zero-order valence-corrected chi connectivity index (χ0v) is 16.9. The highest BCUT2D eigenvalue weighted by Gasteiger charge is 2.28. The Morgan fingerprint density at radius 1 is 1.30 bits per heavy atom. The molecule has 3 rings (SSSR count). The maximum atomic E-state index is 12.7. The van der Waals surface area contributed by atoms with Crippen LogP contribution in [0.15, 0.2) is 6.07 Å². The van der Waals surface area contributed by atoms with E-state index in [-0.39, 0.29) is 0 Å². The van der Waals surface area contributed by atoms with Gasteiger partial charge in [-0.2, -0.15) is 0 Å². The van der Waals surface area contributed by atoms with Gasteiger partial charge in [-0.25, -0.2) is 4.79 Å². The third kappa shape index (κ3) is 4.79. The molecular weight excluding hydrogens is 367 g/mol. The fourth-order valence-electron chi connectivity index (χ4n) is 3.59. The second-order valence-corrected chi connectivity index (χ2v) is 7.53. The van der Waals surface area contributed by atoms with Gasteiger partial charge in [0.15, 0.2) is 11.5 Å². The van der Waals surface area contributed by atoms with Gasteiger partial charge in [0.2, 0.25) is 0 Å². The predicted octanol–water partition coefficient (Wildman–Crippen LogP) is 3.82. The molecule has 0 aliphatic carbocycles. The van der Waals surface area contributed by atoms with E-state index < -0.39 is 5.97 Å². The van der Waals surface area contributed by atoms with E-state index in [0.717, 1.165) is 25.9 Å². The third-order valence-corrected chi connectivity index (χ3v) is 5.52. The Morgan fingerprint density at radius 2 is 2.00 bits per heavy atom. The topological polar surface area (TPSA) is 60.0 Å². The van der Waals surface area contributed by atoms with Crippen molar-refractivity contribution in [3.8, 4) is 11.5 Å². The standard InChI is InChI=1S/C20H29ClN2O4/c1-3-4-7-23-8-5-14(6-9-23)13-27-20(24)15-12-16(21)17(22-2)19-18(15)25-10-11-26-19/h12,14,22H,3-11,13H2,1-2H3/i2-1. The number of esters is 1. The minimum absolute atomic E-state index is 0.328. The van der Waals surface area contributed by atoms with Crippen LogP contribution in [0, 0.1) is 5.92 Å². The smallest absolute Gasteiger partial charge is 0.342 e. The molecule has 1 aromatic rings. The minimum atomic E-state index is -0.408. The van der Waals surface area contributed by atoms with Crippen LogP contribution in [-0.2, 0) is 4.74 Å². The Morgan fingerprint density at radius 3 is 2.67 bits per heavy atom. The van der Waals surface area contributed by atoms with E-state index in [1.54, 1.807) is 13.1 Å². The van der Waals surface area contributed by atoms with E-state index in [9.17, 15) is 4.79 Å². The van der Waals surface area contributed by atoms with Gasteiger partial charge in [-0.15, -0.1) is 0 Å². The Kier molecular flexibility index (Phi) is 7.07. The number of rotatable bonds is 7. The monoisotopic (exact) mass is 395 g/mol.